The van der Waals surface area contributed by atoms with Gasteiger partial charge in [-0.1, -0.05) is 29.8 Å². The second-order valence-electron chi connectivity index (χ2n) is 4.94. The van der Waals surface area contributed by atoms with Gasteiger partial charge in [0.2, 0.25) is 5.91 Å². The molecule has 0 radical (unpaired) electrons. The molecule has 124 valence electrons. The Morgan fingerprint density at radius 3 is 2.46 bits per heavy atom. The van der Waals surface area contributed by atoms with Crippen molar-refractivity contribution in [2.24, 2.45) is 5.73 Å². The third-order valence-electron chi connectivity index (χ3n) is 3.25. The van der Waals surface area contributed by atoms with Gasteiger partial charge in [-0.3, -0.25) is 19.4 Å². The van der Waals surface area contributed by atoms with Crippen LogP contribution >= 0.6 is 11.6 Å². The van der Waals surface area contributed by atoms with Gasteiger partial charge in [-0.15, -0.1) is 0 Å². The highest BCUT2D eigenvalue weighted by Crippen LogP contribution is 2.25. The minimum absolute atomic E-state index is 0.0300. The van der Waals surface area contributed by atoms with Crippen LogP contribution in [0.3, 0.4) is 0 Å². The van der Waals surface area contributed by atoms with Crippen LogP contribution in [0.2, 0.25) is 5.02 Å². The molecule has 1 unspecified atom stereocenters. The van der Waals surface area contributed by atoms with Crippen molar-refractivity contribution in [2.75, 3.05) is 0 Å². The number of pyridine rings is 1. The highest BCUT2D eigenvalue weighted by molar-refractivity contribution is 6.31. The summed E-state index contributed by atoms with van der Waals surface area (Å²) < 4.78 is 0. The summed E-state index contributed by atoms with van der Waals surface area (Å²) in [7, 11) is 0. The lowest BCUT2D eigenvalue weighted by molar-refractivity contribution is -0.137. The van der Waals surface area contributed by atoms with E-state index in [0.29, 0.717) is 10.6 Å². The Hall–Kier alpha value is -2.93. The predicted molar refractivity (Wildman–Crippen MR) is 86.7 cm³/mol. The minimum atomic E-state index is -1.09. The summed E-state index contributed by atoms with van der Waals surface area (Å²) in [5.74, 6) is -2.33. The third-order valence-corrected chi connectivity index (χ3v) is 3.59. The number of aliphatic carboxylic acids is 1. The minimum Gasteiger partial charge on any atom is -0.481 e. The van der Waals surface area contributed by atoms with Gasteiger partial charge in [-0.2, -0.15) is 0 Å². The van der Waals surface area contributed by atoms with Gasteiger partial charge in [0.1, 0.15) is 5.69 Å². The summed E-state index contributed by atoms with van der Waals surface area (Å²) in [6, 6.07) is 8.53. The van der Waals surface area contributed by atoms with Gasteiger partial charge in [-0.05, 0) is 23.8 Å². The van der Waals surface area contributed by atoms with Gasteiger partial charge in [0, 0.05) is 11.2 Å². The third kappa shape index (κ3) is 4.30. The van der Waals surface area contributed by atoms with Gasteiger partial charge < -0.3 is 16.2 Å². The van der Waals surface area contributed by atoms with Gasteiger partial charge in [0.05, 0.1) is 18.0 Å². The molecule has 2 rings (SSSR count). The van der Waals surface area contributed by atoms with Crippen molar-refractivity contribution in [2.45, 2.75) is 12.5 Å². The number of carboxylic acid groups (broad SMARTS) is 1. The van der Waals surface area contributed by atoms with E-state index in [9.17, 15) is 14.4 Å². The molecule has 2 amide bonds. The molecular formula is C16H14ClN3O4. The Kier molecular flexibility index (Phi) is 5.49. The van der Waals surface area contributed by atoms with E-state index in [4.69, 9.17) is 22.4 Å². The number of benzene rings is 1. The summed E-state index contributed by atoms with van der Waals surface area (Å²) in [5, 5.41) is 12.0. The number of nitrogens with one attached hydrogen (secondary N) is 1. The Balaban J connectivity index is 2.22. The molecule has 1 aromatic carbocycles. The van der Waals surface area contributed by atoms with Gasteiger partial charge in [0.25, 0.3) is 5.91 Å². The van der Waals surface area contributed by atoms with E-state index in [1.807, 2.05) is 0 Å². The van der Waals surface area contributed by atoms with Crippen LogP contribution in [0.15, 0.2) is 42.6 Å². The number of halogens is 1. The fraction of sp³-hybridized carbons (Fsp3) is 0.125. The molecule has 0 saturated carbocycles. The van der Waals surface area contributed by atoms with Crippen LogP contribution in [0.1, 0.15) is 38.9 Å². The monoisotopic (exact) mass is 347 g/mol. The van der Waals surface area contributed by atoms with Crippen molar-refractivity contribution >= 4 is 29.4 Å². The van der Waals surface area contributed by atoms with Gasteiger partial charge in [-0.25, -0.2) is 0 Å². The Bertz CT molecular complexity index is 777. The number of amides is 2. The van der Waals surface area contributed by atoms with Crippen molar-refractivity contribution in [3.8, 4) is 0 Å². The van der Waals surface area contributed by atoms with Crippen molar-refractivity contribution in [1.82, 2.24) is 10.3 Å². The van der Waals surface area contributed by atoms with Gasteiger partial charge in [0.15, 0.2) is 0 Å². The number of nitrogens with two attached hydrogens (primary N) is 1. The van der Waals surface area contributed by atoms with Gasteiger partial charge >= 0.3 is 5.97 Å². The summed E-state index contributed by atoms with van der Waals surface area (Å²) in [6.45, 7) is 0. The van der Waals surface area contributed by atoms with Crippen LogP contribution in [-0.2, 0) is 4.79 Å². The molecule has 1 heterocycles. The molecule has 2 aromatic rings. The lowest BCUT2D eigenvalue weighted by Crippen LogP contribution is -2.31. The standard InChI is InChI=1S/C16H14ClN3O4/c17-11-4-2-1-3-10(11)13(7-14(21)22)20-16(24)12-6-5-9(8-19-12)15(18)23/h1-6,8,13H,7H2,(H2,18,23)(H,20,24)(H,21,22). The number of carbonyl (C=O) groups is 3. The molecule has 0 saturated heterocycles. The lowest BCUT2D eigenvalue weighted by atomic mass is 10.0. The zero-order chi connectivity index (χ0) is 17.7. The van der Waals surface area contributed by atoms with Crippen LogP contribution in [0, 0.1) is 0 Å². The molecule has 0 aliphatic carbocycles. The average Bonchev–Trinajstić information content (AvgIpc) is 2.54. The summed E-state index contributed by atoms with van der Waals surface area (Å²) >= 11 is 6.08. The zero-order valence-electron chi connectivity index (χ0n) is 12.4. The van der Waals surface area contributed by atoms with Crippen LogP contribution in [0.4, 0.5) is 0 Å². The molecule has 0 bridgehead atoms. The molecule has 1 atom stereocenters. The number of aromatic nitrogens is 1. The number of rotatable bonds is 6. The molecule has 7 nitrogen and oxygen atoms in total. The second-order valence-corrected chi connectivity index (χ2v) is 5.35. The topological polar surface area (TPSA) is 122 Å². The second kappa shape index (κ2) is 7.56. The fourth-order valence-corrected chi connectivity index (χ4v) is 2.34. The largest absolute Gasteiger partial charge is 0.481 e. The van der Waals surface area contributed by atoms with E-state index >= 15 is 0 Å². The van der Waals surface area contributed by atoms with Crippen molar-refractivity contribution < 1.29 is 19.5 Å². The van der Waals surface area contributed by atoms with Crippen LogP contribution in [-0.4, -0.2) is 27.9 Å². The maximum atomic E-state index is 12.3. The van der Waals surface area contributed by atoms with Crippen LogP contribution in [0.25, 0.3) is 0 Å². The fourth-order valence-electron chi connectivity index (χ4n) is 2.08. The van der Waals surface area contributed by atoms with E-state index in [2.05, 4.69) is 10.3 Å². The van der Waals surface area contributed by atoms with Crippen LogP contribution in [0.5, 0.6) is 0 Å². The molecule has 0 fully saturated rings. The smallest absolute Gasteiger partial charge is 0.305 e. The first kappa shape index (κ1) is 17.4. The Morgan fingerprint density at radius 2 is 1.92 bits per heavy atom. The van der Waals surface area contributed by atoms with E-state index in [1.54, 1.807) is 24.3 Å². The highest BCUT2D eigenvalue weighted by atomic mass is 35.5. The maximum Gasteiger partial charge on any atom is 0.305 e. The van der Waals surface area contributed by atoms with E-state index < -0.39 is 23.8 Å². The van der Waals surface area contributed by atoms with Crippen molar-refractivity contribution in [3.05, 3.63) is 64.4 Å². The number of hydrogen-bond acceptors (Lipinski definition) is 4. The predicted octanol–water partition coefficient (Wildman–Crippen LogP) is 1.78. The quantitative estimate of drug-likeness (QED) is 0.735. The zero-order valence-corrected chi connectivity index (χ0v) is 13.2. The normalized spacial score (nSPS) is 11.5. The first-order chi connectivity index (χ1) is 11.4. The molecule has 0 aliphatic heterocycles. The Morgan fingerprint density at radius 1 is 1.21 bits per heavy atom. The van der Waals surface area contributed by atoms with Crippen LogP contribution < -0.4 is 11.1 Å². The highest BCUT2D eigenvalue weighted by Gasteiger charge is 2.21. The van der Waals surface area contributed by atoms with E-state index in [-0.39, 0.29) is 17.7 Å². The number of carboxylic acids is 1. The van der Waals surface area contributed by atoms with Crippen molar-refractivity contribution in [3.63, 3.8) is 0 Å². The number of nitrogens with zero attached hydrogens (tertiary/aromatic N) is 1. The summed E-state index contributed by atoms with van der Waals surface area (Å²) in [6.07, 6.45) is 0.841. The average molecular weight is 348 g/mol. The Labute approximate surface area is 142 Å². The first-order valence-electron chi connectivity index (χ1n) is 6.91. The molecule has 8 heteroatoms. The maximum absolute atomic E-state index is 12.3. The number of carbonyl (C=O) groups excluding carboxylic acids is 2. The number of hydrogen-bond donors (Lipinski definition) is 3. The number of primary amides is 1. The summed E-state index contributed by atoms with van der Waals surface area (Å²) in [5.41, 5.74) is 5.79. The molecule has 4 N–H and O–H groups in total. The summed E-state index contributed by atoms with van der Waals surface area (Å²) in [4.78, 5) is 38.2. The van der Waals surface area contributed by atoms with E-state index in [0.717, 1.165) is 0 Å². The lowest BCUT2D eigenvalue weighted by Gasteiger charge is -2.18. The van der Waals surface area contributed by atoms with E-state index in [1.165, 1.54) is 18.3 Å². The SMILES string of the molecule is NC(=O)c1ccc(C(=O)NC(CC(=O)O)c2ccccc2Cl)nc1. The molecule has 24 heavy (non-hydrogen) atoms. The molecule has 0 aliphatic rings. The molecule has 1 aromatic heterocycles. The molecular weight excluding hydrogens is 334 g/mol. The first-order valence-corrected chi connectivity index (χ1v) is 7.29. The molecule has 0 spiro atoms. The van der Waals surface area contributed by atoms with Crippen molar-refractivity contribution in [1.29, 1.82) is 0 Å².